The Morgan fingerprint density at radius 2 is 1.97 bits per heavy atom. The van der Waals surface area contributed by atoms with Gasteiger partial charge < -0.3 is 23.5 Å². The molecule has 0 aliphatic carbocycles. The zero-order valence-corrected chi connectivity index (χ0v) is 20.7. The summed E-state index contributed by atoms with van der Waals surface area (Å²) in [6.45, 7) is 5.75. The van der Waals surface area contributed by atoms with Gasteiger partial charge in [-0.2, -0.15) is 0 Å². The van der Waals surface area contributed by atoms with E-state index < -0.39 is 17.3 Å². The van der Waals surface area contributed by atoms with Crippen LogP contribution < -0.4 is 14.9 Å². The molecule has 0 bridgehead atoms. The Kier molecular flexibility index (Phi) is 6.71. The van der Waals surface area contributed by atoms with E-state index in [2.05, 4.69) is 13.8 Å². The zero-order valence-electron chi connectivity index (χ0n) is 20.7. The van der Waals surface area contributed by atoms with Gasteiger partial charge in [-0.05, 0) is 61.1 Å². The molecule has 7 nitrogen and oxygen atoms in total. The molecule has 2 aliphatic heterocycles. The lowest BCUT2D eigenvalue weighted by Crippen LogP contribution is -2.36. The van der Waals surface area contributed by atoms with Crippen molar-refractivity contribution in [2.45, 2.75) is 45.3 Å². The SMILES string of the molecule is COc1cc([C@H]2c3c(oc4ccc(F)cc4c3=O)C(=O)N2C[C@H]2CCCO2)ccc1OCCC(C)C. The number of carbonyl (C=O) groups is 1. The monoisotopic (exact) mass is 495 g/mol. The minimum atomic E-state index is -0.723. The van der Waals surface area contributed by atoms with Crippen LogP contribution in [-0.4, -0.2) is 43.8 Å². The lowest BCUT2D eigenvalue weighted by atomic mass is 9.97. The molecule has 0 saturated carbocycles. The quantitative estimate of drug-likeness (QED) is 0.433. The Balaban J connectivity index is 1.60. The molecular weight excluding hydrogens is 465 g/mol. The maximum Gasteiger partial charge on any atom is 0.291 e. The first-order valence-electron chi connectivity index (χ1n) is 12.4. The number of hydrogen-bond acceptors (Lipinski definition) is 6. The lowest BCUT2D eigenvalue weighted by Gasteiger charge is -2.28. The average molecular weight is 496 g/mol. The van der Waals surface area contributed by atoms with Gasteiger partial charge in [0.1, 0.15) is 11.4 Å². The Bertz CT molecular complexity index is 1340. The van der Waals surface area contributed by atoms with Crippen molar-refractivity contribution in [1.82, 2.24) is 4.90 Å². The molecule has 5 rings (SSSR count). The predicted octanol–water partition coefficient (Wildman–Crippen LogP) is 5.09. The normalized spacial score (nSPS) is 19.4. The van der Waals surface area contributed by atoms with Crippen LogP contribution in [0.2, 0.25) is 0 Å². The molecule has 2 aliphatic rings. The number of methoxy groups -OCH3 is 1. The van der Waals surface area contributed by atoms with Crippen molar-refractivity contribution in [2.75, 3.05) is 26.9 Å². The minimum Gasteiger partial charge on any atom is -0.493 e. The summed E-state index contributed by atoms with van der Waals surface area (Å²) < 4.78 is 37.2. The van der Waals surface area contributed by atoms with Crippen LogP contribution >= 0.6 is 0 Å². The zero-order chi connectivity index (χ0) is 25.4. The van der Waals surface area contributed by atoms with Crippen molar-refractivity contribution in [2.24, 2.45) is 5.92 Å². The maximum absolute atomic E-state index is 14.0. The number of rotatable bonds is 8. The third-order valence-electron chi connectivity index (χ3n) is 6.81. The molecule has 190 valence electrons. The summed E-state index contributed by atoms with van der Waals surface area (Å²) in [5.74, 6) is 0.650. The molecule has 0 spiro atoms. The standard InChI is InChI=1S/C28H30FNO6/c1-16(2)10-12-35-22-8-6-17(13-23(22)33-3)25-24-26(31)20-14-18(29)7-9-21(20)36-27(24)28(32)30(25)15-19-5-4-11-34-19/h6-9,13-14,16,19,25H,4-5,10-12,15H2,1-3H3/t19-,25+/m1/s1. The smallest absolute Gasteiger partial charge is 0.291 e. The van der Waals surface area contributed by atoms with Gasteiger partial charge in [0.25, 0.3) is 5.91 Å². The summed E-state index contributed by atoms with van der Waals surface area (Å²) in [6.07, 6.45) is 2.51. The highest BCUT2D eigenvalue weighted by Gasteiger charge is 2.44. The maximum atomic E-state index is 14.0. The van der Waals surface area contributed by atoms with E-state index in [0.717, 1.165) is 25.3 Å². The summed E-state index contributed by atoms with van der Waals surface area (Å²) >= 11 is 0. The molecule has 8 heteroatoms. The highest BCUT2D eigenvalue weighted by molar-refractivity contribution is 5.99. The molecule has 2 aromatic carbocycles. The van der Waals surface area contributed by atoms with E-state index in [1.807, 2.05) is 6.07 Å². The summed E-state index contributed by atoms with van der Waals surface area (Å²) in [6, 6.07) is 8.43. The topological polar surface area (TPSA) is 78.2 Å². The first-order chi connectivity index (χ1) is 17.4. The van der Waals surface area contributed by atoms with Crippen LogP contribution in [0, 0.1) is 11.7 Å². The van der Waals surface area contributed by atoms with Crippen molar-refractivity contribution >= 4 is 16.9 Å². The first-order valence-corrected chi connectivity index (χ1v) is 12.4. The third kappa shape index (κ3) is 4.46. The Labute approximate surface area is 208 Å². The highest BCUT2D eigenvalue weighted by Crippen LogP contribution is 2.41. The molecule has 0 unspecified atom stereocenters. The van der Waals surface area contributed by atoms with Gasteiger partial charge >= 0.3 is 0 Å². The van der Waals surface area contributed by atoms with Crippen molar-refractivity contribution < 1.29 is 27.8 Å². The minimum absolute atomic E-state index is 0.0154. The summed E-state index contributed by atoms with van der Waals surface area (Å²) in [5.41, 5.74) is 0.635. The van der Waals surface area contributed by atoms with Gasteiger partial charge in [-0.3, -0.25) is 9.59 Å². The fraction of sp³-hybridized carbons (Fsp3) is 0.429. The molecule has 2 atom stereocenters. The van der Waals surface area contributed by atoms with Crippen LogP contribution in [0.25, 0.3) is 11.0 Å². The third-order valence-corrected chi connectivity index (χ3v) is 6.81. The summed E-state index contributed by atoms with van der Waals surface area (Å²) in [4.78, 5) is 28.8. The highest BCUT2D eigenvalue weighted by atomic mass is 19.1. The van der Waals surface area contributed by atoms with E-state index in [1.54, 1.807) is 24.1 Å². The average Bonchev–Trinajstić information content (AvgIpc) is 3.47. The fourth-order valence-corrected chi connectivity index (χ4v) is 4.91. The van der Waals surface area contributed by atoms with Gasteiger partial charge in [0.2, 0.25) is 5.76 Å². The van der Waals surface area contributed by atoms with Crippen LogP contribution in [0.1, 0.15) is 60.8 Å². The fourth-order valence-electron chi connectivity index (χ4n) is 4.91. The summed E-state index contributed by atoms with van der Waals surface area (Å²) in [5, 5.41) is 0.103. The molecule has 3 heterocycles. The first kappa shape index (κ1) is 24.3. The number of halogens is 1. The molecule has 36 heavy (non-hydrogen) atoms. The van der Waals surface area contributed by atoms with Crippen LogP contribution in [0.15, 0.2) is 45.6 Å². The van der Waals surface area contributed by atoms with Crippen molar-refractivity contribution in [1.29, 1.82) is 0 Å². The van der Waals surface area contributed by atoms with E-state index in [-0.39, 0.29) is 34.3 Å². The number of amides is 1. The van der Waals surface area contributed by atoms with Gasteiger partial charge in [-0.25, -0.2) is 4.39 Å². The van der Waals surface area contributed by atoms with E-state index in [9.17, 15) is 14.0 Å². The molecule has 1 saturated heterocycles. The second-order valence-corrected chi connectivity index (χ2v) is 9.75. The van der Waals surface area contributed by atoms with Gasteiger partial charge in [0, 0.05) is 13.2 Å². The number of hydrogen-bond donors (Lipinski definition) is 0. The summed E-state index contributed by atoms with van der Waals surface area (Å²) in [7, 11) is 1.55. The number of carbonyl (C=O) groups excluding carboxylic acids is 1. The number of fused-ring (bicyclic) bond motifs is 2. The second kappa shape index (κ2) is 9.93. The Hall–Kier alpha value is -3.39. The van der Waals surface area contributed by atoms with E-state index in [0.29, 0.717) is 42.7 Å². The molecule has 1 fully saturated rings. The van der Waals surface area contributed by atoms with Crippen molar-refractivity contribution in [3.05, 3.63) is 69.3 Å². The number of benzene rings is 2. The molecule has 1 aromatic heterocycles. The lowest BCUT2D eigenvalue weighted by molar-refractivity contribution is 0.0486. The van der Waals surface area contributed by atoms with Crippen LogP contribution in [0.4, 0.5) is 4.39 Å². The Morgan fingerprint density at radius 1 is 1.14 bits per heavy atom. The largest absolute Gasteiger partial charge is 0.493 e. The van der Waals surface area contributed by atoms with Gasteiger partial charge in [-0.15, -0.1) is 0 Å². The molecule has 3 aromatic rings. The van der Waals surface area contributed by atoms with Gasteiger partial charge in [0.15, 0.2) is 16.9 Å². The predicted molar refractivity (Wildman–Crippen MR) is 132 cm³/mol. The Morgan fingerprint density at radius 3 is 2.69 bits per heavy atom. The van der Waals surface area contributed by atoms with Gasteiger partial charge in [0.05, 0.1) is 36.8 Å². The molecule has 0 radical (unpaired) electrons. The molecule has 1 amide bonds. The van der Waals surface area contributed by atoms with Crippen molar-refractivity contribution in [3.8, 4) is 11.5 Å². The van der Waals surface area contributed by atoms with Crippen molar-refractivity contribution in [3.63, 3.8) is 0 Å². The van der Waals surface area contributed by atoms with E-state index in [4.69, 9.17) is 18.6 Å². The number of nitrogens with zero attached hydrogens (tertiary/aromatic N) is 1. The van der Waals surface area contributed by atoms with E-state index >= 15 is 0 Å². The van der Waals surface area contributed by atoms with Crippen LogP contribution in [0.3, 0.4) is 0 Å². The second-order valence-electron chi connectivity index (χ2n) is 9.75. The van der Waals surface area contributed by atoms with E-state index in [1.165, 1.54) is 12.1 Å². The molecular formula is C28H30FNO6. The number of ether oxygens (including phenoxy) is 3. The molecule has 0 N–H and O–H groups in total. The van der Waals surface area contributed by atoms with Crippen LogP contribution in [0.5, 0.6) is 11.5 Å². The van der Waals surface area contributed by atoms with Gasteiger partial charge in [-0.1, -0.05) is 19.9 Å². The van der Waals surface area contributed by atoms with Crippen LogP contribution in [-0.2, 0) is 4.74 Å².